The van der Waals surface area contributed by atoms with Crippen LogP contribution in [0, 0.1) is 5.92 Å². The minimum Gasteiger partial charge on any atom is -0.355 e. The molecule has 0 radical (unpaired) electrons. The third kappa shape index (κ3) is 8.43. The van der Waals surface area contributed by atoms with E-state index in [-0.39, 0.29) is 11.9 Å². The lowest BCUT2D eigenvalue weighted by molar-refractivity contribution is -0.122. The summed E-state index contributed by atoms with van der Waals surface area (Å²) in [6.45, 7) is 7.24. The lowest BCUT2D eigenvalue weighted by Gasteiger charge is -2.12. The van der Waals surface area contributed by atoms with E-state index in [0.29, 0.717) is 5.92 Å². The largest absolute Gasteiger partial charge is 0.355 e. The van der Waals surface area contributed by atoms with Gasteiger partial charge in [0.2, 0.25) is 5.91 Å². The van der Waals surface area contributed by atoms with E-state index in [1.807, 2.05) is 0 Å². The fourth-order valence-electron chi connectivity index (χ4n) is 1.41. The van der Waals surface area contributed by atoms with Gasteiger partial charge in [0.05, 0.1) is 6.04 Å². The lowest BCUT2D eigenvalue weighted by Crippen LogP contribution is -2.40. The number of hydrogen-bond donors (Lipinski definition) is 2. The van der Waals surface area contributed by atoms with Crippen LogP contribution >= 0.6 is 0 Å². The zero-order chi connectivity index (χ0) is 11.7. The predicted octanol–water partition coefficient (Wildman–Crippen LogP) is 2.06. The Hall–Kier alpha value is -0.570. The smallest absolute Gasteiger partial charge is 0.236 e. The highest BCUT2D eigenvalue weighted by Gasteiger charge is 2.11. The Bertz CT molecular complexity index is 169. The van der Waals surface area contributed by atoms with Gasteiger partial charge in [0.15, 0.2) is 0 Å². The number of nitrogens with two attached hydrogens (primary N) is 1. The predicted molar refractivity (Wildman–Crippen MR) is 64.6 cm³/mol. The van der Waals surface area contributed by atoms with Gasteiger partial charge in [-0.2, -0.15) is 0 Å². The molecule has 0 fully saturated rings. The highest BCUT2D eigenvalue weighted by molar-refractivity contribution is 5.81. The van der Waals surface area contributed by atoms with Crippen molar-refractivity contribution in [3.8, 4) is 0 Å². The van der Waals surface area contributed by atoms with Gasteiger partial charge in [0.25, 0.3) is 0 Å². The van der Waals surface area contributed by atoms with Crippen molar-refractivity contribution in [3.63, 3.8) is 0 Å². The van der Waals surface area contributed by atoms with Crippen LogP contribution in [-0.4, -0.2) is 18.5 Å². The van der Waals surface area contributed by atoms with Crippen molar-refractivity contribution < 1.29 is 4.79 Å². The third-order valence-electron chi connectivity index (χ3n) is 2.46. The molecular formula is C12H26N2O. The van der Waals surface area contributed by atoms with Gasteiger partial charge in [0, 0.05) is 6.54 Å². The average Bonchev–Trinajstić information content (AvgIpc) is 2.20. The standard InChI is InChI=1S/C12H26N2O/c1-4-5-8-11(13)12(15)14-9-6-7-10(2)3/h10-11H,4-9,13H2,1-3H3,(H,14,15). The van der Waals surface area contributed by atoms with Crippen LogP contribution in [0.5, 0.6) is 0 Å². The van der Waals surface area contributed by atoms with Gasteiger partial charge in [-0.05, 0) is 25.2 Å². The van der Waals surface area contributed by atoms with Crippen LogP contribution in [-0.2, 0) is 4.79 Å². The van der Waals surface area contributed by atoms with Crippen LogP contribution < -0.4 is 11.1 Å². The van der Waals surface area contributed by atoms with Crippen molar-refractivity contribution in [1.82, 2.24) is 5.32 Å². The Balaban J connectivity index is 3.47. The van der Waals surface area contributed by atoms with E-state index in [4.69, 9.17) is 5.73 Å². The summed E-state index contributed by atoms with van der Waals surface area (Å²) < 4.78 is 0. The molecular weight excluding hydrogens is 188 g/mol. The average molecular weight is 214 g/mol. The Morgan fingerprint density at radius 2 is 1.93 bits per heavy atom. The fourth-order valence-corrected chi connectivity index (χ4v) is 1.41. The molecule has 0 aliphatic rings. The monoisotopic (exact) mass is 214 g/mol. The minimum atomic E-state index is -0.316. The van der Waals surface area contributed by atoms with Crippen LogP contribution in [0.2, 0.25) is 0 Å². The molecule has 0 spiro atoms. The molecule has 0 rings (SSSR count). The minimum absolute atomic E-state index is 0.00667. The number of carbonyl (C=O) groups is 1. The maximum atomic E-state index is 11.5. The summed E-state index contributed by atoms with van der Waals surface area (Å²) in [6, 6.07) is -0.316. The SMILES string of the molecule is CCCCC(N)C(=O)NCCCC(C)C. The van der Waals surface area contributed by atoms with Gasteiger partial charge in [-0.1, -0.05) is 33.6 Å². The summed E-state index contributed by atoms with van der Waals surface area (Å²) in [7, 11) is 0. The molecule has 1 unspecified atom stereocenters. The molecule has 0 saturated carbocycles. The molecule has 3 N–H and O–H groups in total. The number of amides is 1. The Kier molecular flexibility index (Phi) is 8.38. The van der Waals surface area contributed by atoms with E-state index in [1.165, 1.54) is 0 Å². The summed E-state index contributed by atoms with van der Waals surface area (Å²) in [5.41, 5.74) is 5.73. The topological polar surface area (TPSA) is 55.1 Å². The number of carbonyl (C=O) groups excluding carboxylic acids is 1. The van der Waals surface area contributed by atoms with Gasteiger partial charge in [-0.25, -0.2) is 0 Å². The van der Waals surface area contributed by atoms with Gasteiger partial charge in [0.1, 0.15) is 0 Å². The first-order chi connectivity index (χ1) is 7.07. The zero-order valence-electron chi connectivity index (χ0n) is 10.4. The summed E-state index contributed by atoms with van der Waals surface area (Å²) in [4.78, 5) is 11.5. The molecule has 90 valence electrons. The third-order valence-corrected chi connectivity index (χ3v) is 2.46. The Morgan fingerprint density at radius 3 is 2.47 bits per heavy atom. The summed E-state index contributed by atoms with van der Waals surface area (Å²) in [5, 5.41) is 2.88. The highest BCUT2D eigenvalue weighted by Crippen LogP contribution is 2.02. The van der Waals surface area contributed by atoms with Crippen LogP contribution in [0.25, 0.3) is 0 Å². The number of rotatable bonds is 8. The molecule has 1 amide bonds. The van der Waals surface area contributed by atoms with Crippen molar-refractivity contribution in [2.75, 3.05) is 6.54 Å². The van der Waals surface area contributed by atoms with E-state index in [0.717, 1.165) is 38.6 Å². The Morgan fingerprint density at radius 1 is 1.27 bits per heavy atom. The molecule has 15 heavy (non-hydrogen) atoms. The van der Waals surface area contributed by atoms with Crippen molar-refractivity contribution in [3.05, 3.63) is 0 Å². The molecule has 1 atom stereocenters. The second-order valence-electron chi connectivity index (χ2n) is 4.58. The van der Waals surface area contributed by atoms with E-state index < -0.39 is 0 Å². The summed E-state index contributed by atoms with van der Waals surface area (Å²) >= 11 is 0. The van der Waals surface area contributed by atoms with E-state index in [2.05, 4.69) is 26.1 Å². The first-order valence-electron chi connectivity index (χ1n) is 6.11. The molecule has 0 aromatic rings. The molecule has 0 bridgehead atoms. The highest BCUT2D eigenvalue weighted by atomic mass is 16.2. The zero-order valence-corrected chi connectivity index (χ0v) is 10.4. The fraction of sp³-hybridized carbons (Fsp3) is 0.917. The van der Waals surface area contributed by atoms with Gasteiger partial charge in [-0.3, -0.25) is 4.79 Å². The van der Waals surface area contributed by atoms with Gasteiger partial charge in [-0.15, -0.1) is 0 Å². The van der Waals surface area contributed by atoms with Gasteiger partial charge < -0.3 is 11.1 Å². The number of hydrogen-bond acceptors (Lipinski definition) is 2. The van der Waals surface area contributed by atoms with Crippen molar-refractivity contribution in [2.45, 2.75) is 58.9 Å². The molecule has 0 aromatic heterocycles. The molecule has 3 heteroatoms. The Labute approximate surface area is 93.8 Å². The second-order valence-corrected chi connectivity index (χ2v) is 4.58. The molecule has 0 aromatic carbocycles. The van der Waals surface area contributed by atoms with Crippen molar-refractivity contribution >= 4 is 5.91 Å². The normalized spacial score (nSPS) is 12.9. The van der Waals surface area contributed by atoms with Crippen molar-refractivity contribution in [2.24, 2.45) is 11.7 Å². The summed E-state index contributed by atoms with van der Waals surface area (Å²) in [5.74, 6) is 0.711. The lowest BCUT2D eigenvalue weighted by atomic mass is 10.1. The first-order valence-corrected chi connectivity index (χ1v) is 6.11. The summed E-state index contributed by atoms with van der Waals surface area (Å²) in [6.07, 6.45) is 5.12. The van der Waals surface area contributed by atoms with Crippen LogP contribution in [0.4, 0.5) is 0 Å². The molecule has 0 heterocycles. The molecule has 0 aliphatic carbocycles. The maximum Gasteiger partial charge on any atom is 0.236 e. The van der Waals surface area contributed by atoms with Crippen molar-refractivity contribution in [1.29, 1.82) is 0 Å². The maximum absolute atomic E-state index is 11.5. The molecule has 0 saturated heterocycles. The van der Waals surface area contributed by atoms with Crippen LogP contribution in [0.1, 0.15) is 52.9 Å². The first kappa shape index (κ1) is 14.4. The van der Waals surface area contributed by atoms with Gasteiger partial charge >= 0.3 is 0 Å². The molecule has 3 nitrogen and oxygen atoms in total. The van der Waals surface area contributed by atoms with Crippen LogP contribution in [0.15, 0.2) is 0 Å². The van der Waals surface area contributed by atoms with E-state index in [9.17, 15) is 4.79 Å². The number of unbranched alkanes of at least 4 members (excludes halogenated alkanes) is 1. The van der Waals surface area contributed by atoms with Crippen LogP contribution in [0.3, 0.4) is 0 Å². The second kappa shape index (κ2) is 8.72. The van der Waals surface area contributed by atoms with E-state index in [1.54, 1.807) is 0 Å². The quantitative estimate of drug-likeness (QED) is 0.608. The van der Waals surface area contributed by atoms with E-state index >= 15 is 0 Å². The molecule has 0 aliphatic heterocycles. The number of nitrogens with one attached hydrogen (secondary N) is 1.